The summed E-state index contributed by atoms with van der Waals surface area (Å²) in [6.45, 7) is 7.75. The van der Waals surface area contributed by atoms with E-state index in [9.17, 15) is 13.2 Å². The third-order valence-electron chi connectivity index (χ3n) is 3.91. The predicted molar refractivity (Wildman–Crippen MR) is 84.2 cm³/mol. The number of aryl methyl sites for hydroxylation is 3. The lowest BCUT2D eigenvalue weighted by Gasteiger charge is -2.20. The maximum Gasteiger partial charge on any atom is 0.433 e. The van der Waals surface area contributed by atoms with Crippen molar-refractivity contribution >= 4 is 10.9 Å². The maximum atomic E-state index is 13.5. The number of halogens is 3. The van der Waals surface area contributed by atoms with Gasteiger partial charge in [0.25, 0.3) is 0 Å². The Kier molecular flexibility index (Phi) is 4.78. The zero-order valence-corrected chi connectivity index (χ0v) is 13.6. The molecule has 0 unspecified atom stereocenters. The van der Waals surface area contributed by atoms with Gasteiger partial charge in [-0.15, -0.1) is 0 Å². The summed E-state index contributed by atoms with van der Waals surface area (Å²) in [5.41, 5.74) is 2.94. The van der Waals surface area contributed by atoms with Crippen molar-refractivity contribution in [1.82, 2.24) is 4.98 Å². The molecule has 0 aliphatic carbocycles. The number of pyridine rings is 1. The lowest BCUT2D eigenvalue weighted by Crippen LogP contribution is -2.15. The van der Waals surface area contributed by atoms with Crippen molar-refractivity contribution in [2.24, 2.45) is 0 Å². The molecule has 0 N–H and O–H groups in total. The Labute approximate surface area is 129 Å². The predicted octanol–water partition coefficient (Wildman–Crippen LogP) is 5.78. The van der Waals surface area contributed by atoms with Gasteiger partial charge in [-0.3, -0.25) is 0 Å². The van der Waals surface area contributed by atoms with Gasteiger partial charge in [-0.2, -0.15) is 13.2 Å². The molecule has 1 heterocycles. The van der Waals surface area contributed by atoms with E-state index >= 15 is 0 Å². The first kappa shape index (κ1) is 16.8. The van der Waals surface area contributed by atoms with Crippen LogP contribution in [0.25, 0.3) is 10.9 Å². The van der Waals surface area contributed by atoms with Gasteiger partial charge in [0.2, 0.25) is 0 Å². The SMILES string of the molecule is CCCc1c(C(F)(F)F)nc2cc(C)cc(C)c2c1CCC. The van der Waals surface area contributed by atoms with Crippen LogP contribution in [0, 0.1) is 13.8 Å². The minimum atomic E-state index is -4.40. The monoisotopic (exact) mass is 309 g/mol. The van der Waals surface area contributed by atoms with Crippen molar-refractivity contribution in [2.45, 2.75) is 59.6 Å². The average molecular weight is 309 g/mol. The summed E-state index contributed by atoms with van der Waals surface area (Å²) in [7, 11) is 0. The smallest absolute Gasteiger partial charge is 0.243 e. The molecule has 0 saturated heterocycles. The highest BCUT2D eigenvalue weighted by molar-refractivity contribution is 5.87. The van der Waals surface area contributed by atoms with Crippen molar-refractivity contribution < 1.29 is 13.2 Å². The summed E-state index contributed by atoms with van der Waals surface area (Å²) in [5.74, 6) is 0. The Morgan fingerprint density at radius 3 is 2.09 bits per heavy atom. The van der Waals surface area contributed by atoms with Gasteiger partial charge >= 0.3 is 6.18 Å². The summed E-state index contributed by atoms with van der Waals surface area (Å²) < 4.78 is 40.4. The number of hydrogen-bond acceptors (Lipinski definition) is 1. The van der Waals surface area contributed by atoms with Crippen molar-refractivity contribution in [2.75, 3.05) is 0 Å². The lowest BCUT2D eigenvalue weighted by molar-refractivity contribution is -0.141. The fourth-order valence-electron chi connectivity index (χ4n) is 3.19. The fourth-order valence-corrected chi connectivity index (χ4v) is 3.19. The van der Waals surface area contributed by atoms with Crippen molar-refractivity contribution in [3.05, 3.63) is 40.1 Å². The molecule has 120 valence electrons. The number of rotatable bonds is 4. The zero-order valence-electron chi connectivity index (χ0n) is 13.6. The van der Waals surface area contributed by atoms with E-state index in [0.717, 1.165) is 28.5 Å². The highest BCUT2D eigenvalue weighted by Gasteiger charge is 2.36. The van der Waals surface area contributed by atoms with Gasteiger partial charge in [0.15, 0.2) is 0 Å². The molecule has 1 nitrogen and oxygen atoms in total. The summed E-state index contributed by atoms with van der Waals surface area (Å²) in [6, 6.07) is 3.78. The van der Waals surface area contributed by atoms with E-state index in [-0.39, 0.29) is 0 Å². The Bertz CT molecular complexity index is 687. The van der Waals surface area contributed by atoms with E-state index in [0.29, 0.717) is 30.3 Å². The number of aromatic nitrogens is 1. The summed E-state index contributed by atoms with van der Waals surface area (Å²) in [4.78, 5) is 4.00. The molecule has 0 atom stereocenters. The lowest BCUT2D eigenvalue weighted by atomic mass is 9.91. The molecular formula is C18H22F3N. The van der Waals surface area contributed by atoms with Crippen LogP contribution in [0.4, 0.5) is 13.2 Å². The first-order valence-corrected chi connectivity index (χ1v) is 7.79. The molecule has 2 rings (SSSR count). The Morgan fingerprint density at radius 2 is 1.55 bits per heavy atom. The van der Waals surface area contributed by atoms with Crippen LogP contribution in [-0.4, -0.2) is 4.98 Å². The van der Waals surface area contributed by atoms with Crippen LogP contribution in [0.3, 0.4) is 0 Å². The van der Waals surface area contributed by atoms with Crippen LogP contribution in [0.5, 0.6) is 0 Å². The quantitative estimate of drug-likeness (QED) is 0.698. The number of nitrogens with zero attached hydrogens (tertiary/aromatic N) is 1. The van der Waals surface area contributed by atoms with Gasteiger partial charge in [0.05, 0.1) is 5.52 Å². The van der Waals surface area contributed by atoms with E-state index in [2.05, 4.69) is 4.98 Å². The van der Waals surface area contributed by atoms with Gasteiger partial charge in [-0.1, -0.05) is 32.8 Å². The third-order valence-corrected chi connectivity index (χ3v) is 3.91. The number of fused-ring (bicyclic) bond motifs is 1. The van der Waals surface area contributed by atoms with E-state index in [1.807, 2.05) is 33.8 Å². The van der Waals surface area contributed by atoms with Crippen LogP contribution < -0.4 is 0 Å². The van der Waals surface area contributed by atoms with Crippen LogP contribution >= 0.6 is 0 Å². The first-order valence-electron chi connectivity index (χ1n) is 7.79. The Hall–Kier alpha value is -1.58. The molecule has 0 bridgehead atoms. The Morgan fingerprint density at radius 1 is 0.955 bits per heavy atom. The number of hydrogen-bond donors (Lipinski definition) is 0. The van der Waals surface area contributed by atoms with E-state index in [1.54, 1.807) is 6.07 Å². The van der Waals surface area contributed by atoms with Crippen LogP contribution in [0.1, 0.15) is 54.6 Å². The second-order valence-corrected chi connectivity index (χ2v) is 5.89. The third kappa shape index (κ3) is 3.11. The first-order chi connectivity index (χ1) is 10.3. The van der Waals surface area contributed by atoms with Crippen molar-refractivity contribution in [1.29, 1.82) is 0 Å². The largest absolute Gasteiger partial charge is 0.433 e. The molecule has 0 spiro atoms. The highest BCUT2D eigenvalue weighted by atomic mass is 19.4. The van der Waals surface area contributed by atoms with Gasteiger partial charge in [-0.25, -0.2) is 4.98 Å². The highest BCUT2D eigenvalue weighted by Crippen LogP contribution is 2.37. The van der Waals surface area contributed by atoms with Crippen molar-refractivity contribution in [3.63, 3.8) is 0 Å². The van der Waals surface area contributed by atoms with E-state index in [1.165, 1.54) is 0 Å². The molecule has 0 fully saturated rings. The van der Waals surface area contributed by atoms with E-state index < -0.39 is 11.9 Å². The van der Waals surface area contributed by atoms with E-state index in [4.69, 9.17) is 0 Å². The molecule has 1 aromatic carbocycles. The van der Waals surface area contributed by atoms with Crippen LogP contribution in [0.2, 0.25) is 0 Å². The number of benzene rings is 1. The molecule has 1 aromatic heterocycles. The van der Waals surface area contributed by atoms with Crippen LogP contribution in [-0.2, 0) is 19.0 Å². The zero-order chi connectivity index (χ0) is 16.5. The summed E-state index contributed by atoms with van der Waals surface area (Å²) >= 11 is 0. The minimum absolute atomic E-state index is 0.385. The molecule has 0 saturated carbocycles. The summed E-state index contributed by atoms with van der Waals surface area (Å²) in [5, 5.41) is 0.906. The van der Waals surface area contributed by atoms with Gasteiger partial charge in [0, 0.05) is 5.39 Å². The fraction of sp³-hybridized carbons (Fsp3) is 0.500. The molecule has 22 heavy (non-hydrogen) atoms. The molecular weight excluding hydrogens is 287 g/mol. The van der Waals surface area contributed by atoms with Gasteiger partial charge in [-0.05, 0) is 55.0 Å². The average Bonchev–Trinajstić information content (AvgIpc) is 2.39. The molecule has 2 aromatic rings. The standard InChI is InChI=1S/C18H22F3N/c1-5-7-13-14(8-6-2)17(18(19,20)21)22-15-10-11(3)9-12(4)16(13)15/h9-10H,5-8H2,1-4H3. The van der Waals surface area contributed by atoms with Gasteiger partial charge < -0.3 is 0 Å². The molecule has 0 radical (unpaired) electrons. The van der Waals surface area contributed by atoms with Crippen molar-refractivity contribution in [3.8, 4) is 0 Å². The topological polar surface area (TPSA) is 12.9 Å². The molecule has 4 heteroatoms. The Balaban J connectivity index is 2.92. The second-order valence-electron chi connectivity index (χ2n) is 5.89. The number of alkyl halides is 3. The maximum absolute atomic E-state index is 13.5. The minimum Gasteiger partial charge on any atom is -0.243 e. The van der Waals surface area contributed by atoms with Gasteiger partial charge in [0.1, 0.15) is 5.69 Å². The normalized spacial score (nSPS) is 12.1. The molecule has 0 aliphatic rings. The molecule has 0 aliphatic heterocycles. The van der Waals surface area contributed by atoms with Crippen LogP contribution in [0.15, 0.2) is 12.1 Å². The second kappa shape index (κ2) is 6.27. The molecule has 0 amide bonds. The summed E-state index contributed by atoms with van der Waals surface area (Å²) in [6.07, 6.45) is -1.83.